The topological polar surface area (TPSA) is 138 Å². The molecule has 0 bridgehead atoms. The molecule has 0 radical (unpaired) electrons. The van der Waals surface area contributed by atoms with Crippen LogP contribution in [0.3, 0.4) is 0 Å². The fourth-order valence-electron chi connectivity index (χ4n) is 1.02. The number of hydrogen-bond acceptors (Lipinski definition) is 7. The molecule has 0 amide bonds. The molecule has 0 saturated carbocycles. The lowest BCUT2D eigenvalue weighted by Gasteiger charge is -2.06. The van der Waals surface area contributed by atoms with Gasteiger partial charge in [0, 0.05) is 12.1 Å². The van der Waals surface area contributed by atoms with Crippen molar-refractivity contribution in [3.05, 3.63) is 33.0 Å². The first-order valence-electron chi connectivity index (χ1n) is 4.80. The average Bonchev–Trinajstić information content (AvgIpc) is 2.35. The van der Waals surface area contributed by atoms with Gasteiger partial charge in [0.25, 0.3) is 0 Å². The largest absolute Gasteiger partial charge is 0.569 e. The summed E-state index contributed by atoms with van der Waals surface area (Å²) in [6, 6.07) is 3.30. The standard InChI is InChI=1S/C9H9N5O5/c1-12(2)14(18)11-19-9-4-8(15)7(13(16)17)3-6(9)5-10/h3-4,15H,1-2H3/b14-11-. The molecule has 0 atom stereocenters. The fourth-order valence-corrected chi connectivity index (χ4v) is 1.02. The predicted molar refractivity (Wildman–Crippen MR) is 59.8 cm³/mol. The lowest BCUT2D eigenvalue weighted by Crippen LogP contribution is -2.21. The average molecular weight is 267 g/mol. The van der Waals surface area contributed by atoms with Gasteiger partial charge >= 0.3 is 5.69 Å². The zero-order valence-corrected chi connectivity index (χ0v) is 9.97. The second-order valence-electron chi connectivity index (χ2n) is 3.48. The molecule has 10 heteroatoms. The maximum atomic E-state index is 11.1. The van der Waals surface area contributed by atoms with Crippen molar-refractivity contribution in [2.45, 2.75) is 0 Å². The van der Waals surface area contributed by atoms with Crippen LogP contribution in [0.15, 0.2) is 17.4 Å². The van der Waals surface area contributed by atoms with Gasteiger partial charge < -0.3 is 15.2 Å². The van der Waals surface area contributed by atoms with Gasteiger partial charge in [-0.2, -0.15) is 10.3 Å². The third kappa shape index (κ3) is 3.19. The second kappa shape index (κ2) is 5.50. The molecule has 0 aliphatic heterocycles. The highest BCUT2D eigenvalue weighted by Gasteiger charge is 2.19. The van der Waals surface area contributed by atoms with Crippen LogP contribution in [-0.4, -0.2) is 34.1 Å². The Morgan fingerprint density at radius 3 is 2.58 bits per heavy atom. The van der Waals surface area contributed by atoms with Crippen LogP contribution in [-0.2, 0) is 0 Å². The number of hydrazine groups is 1. The van der Waals surface area contributed by atoms with Gasteiger partial charge in [-0.1, -0.05) is 0 Å². The van der Waals surface area contributed by atoms with Crippen LogP contribution in [0.5, 0.6) is 11.5 Å². The molecule has 0 aliphatic rings. The van der Waals surface area contributed by atoms with Crippen molar-refractivity contribution in [3.8, 4) is 17.6 Å². The molecule has 100 valence electrons. The molecule has 1 N–H and O–H groups in total. The summed E-state index contributed by atoms with van der Waals surface area (Å²) in [6.07, 6.45) is 0. The molecule has 0 heterocycles. The summed E-state index contributed by atoms with van der Waals surface area (Å²) >= 11 is 0. The number of nitro benzene ring substituents is 1. The lowest BCUT2D eigenvalue weighted by molar-refractivity contribution is -0.695. The summed E-state index contributed by atoms with van der Waals surface area (Å²) < 4.78 is 0. The van der Waals surface area contributed by atoms with Gasteiger partial charge in [0.1, 0.15) is 11.6 Å². The molecule has 10 nitrogen and oxygen atoms in total. The van der Waals surface area contributed by atoms with E-state index in [0.717, 1.165) is 17.1 Å². The maximum absolute atomic E-state index is 11.1. The van der Waals surface area contributed by atoms with Crippen LogP contribution in [0.25, 0.3) is 0 Å². The van der Waals surface area contributed by atoms with E-state index in [1.165, 1.54) is 14.1 Å². The summed E-state index contributed by atoms with van der Waals surface area (Å²) in [5.74, 6) is -0.968. The van der Waals surface area contributed by atoms with E-state index in [0.29, 0.717) is 0 Å². The number of aromatic hydroxyl groups is 1. The van der Waals surface area contributed by atoms with Crippen molar-refractivity contribution in [2.75, 3.05) is 14.1 Å². The highest BCUT2D eigenvalue weighted by molar-refractivity contribution is 5.57. The van der Waals surface area contributed by atoms with Crippen LogP contribution in [0.2, 0.25) is 0 Å². The van der Waals surface area contributed by atoms with Crippen molar-refractivity contribution in [1.29, 1.82) is 5.26 Å². The van der Waals surface area contributed by atoms with Gasteiger partial charge in [-0.15, -0.1) is 0 Å². The van der Waals surface area contributed by atoms with Crippen LogP contribution >= 0.6 is 0 Å². The van der Waals surface area contributed by atoms with E-state index in [1.54, 1.807) is 6.07 Å². The summed E-state index contributed by atoms with van der Waals surface area (Å²) in [5.41, 5.74) is -0.879. The lowest BCUT2D eigenvalue weighted by atomic mass is 10.2. The van der Waals surface area contributed by atoms with Gasteiger partial charge in [0.05, 0.1) is 24.0 Å². The highest BCUT2D eigenvalue weighted by atomic mass is 16.7. The van der Waals surface area contributed by atoms with Gasteiger partial charge in [0.2, 0.25) is 5.28 Å². The molecule has 0 saturated heterocycles. The number of rotatable bonds is 4. The summed E-state index contributed by atoms with van der Waals surface area (Å²) in [7, 11) is 2.80. The van der Waals surface area contributed by atoms with E-state index in [2.05, 4.69) is 10.1 Å². The molecule has 0 fully saturated rings. The number of phenols is 1. The Bertz CT molecular complexity index is 577. The number of benzene rings is 1. The van der Waals surface area contributed by atoms with E-state index in [9.17, 15) is 20.4 Å². The first-order valence-corrected chi connectivity index (χ1v) is 4.80. The maximum Gasteiger partial charge on any atom is 0.312 e. The molecular formula is C9H9N5O5. The zero-order valence-electron chi connectivity index (χ0n) is 9.97. The van der Waals surface area contributed by atoms with Crippen LogP contribution < -0.4 is 4.84 Å². The number of nitro groups is 1. The van der Waals surface area contributed by atoms with Crippen LogP contribution in [0, 0.1) is 26.7 Å². The molecule has 1 aromatic carbocycles. The second-order valence-corrected chi connectivity index (χ2v) is 3.48. The number of nitriles is 1. The Labute approximate surface area is 107 Å². The monoisotopic (exact) mass is 267 g/mol. The molecule has 0 aliphatic carbocycles. The van der Waals surface area contributed by atoms with Crippen molar-refractivity contribution in [3.63, 3.8) is 0 Å². The zero-order chi connectivity index (χ0) is 14.6. The number of nitrogens with zero attached hydrogens (tertiary/aromatic N) is 5. The molecular weight excluding hydrogens is 258 g/mol. The minimum absolute atomic E-state index is 0.0830. The number of phenolic OH excluding ortho intramolecular Hbond substituents is 1. The molecule has 1 aromatic rings. The Morgan fingerprint density at radius 1 is 1.47 bits per heavy atom. The Morgan fingerprint density at radius 2 is 2.11 bits per heavy atom. The molecule has 19 heavy (non-hydrogen) atoms. The van der Waals surface area contributed by atoms with E-state index in [1.807, 2.05) is 0 Å². The number of hydrogen-bond donors (Lipinski definition) is 1. The summed E-state index contributed by atoms with van der Waals surface area (Å²) in [6.45, 7) is 0. The van der Waals surface area contributed by atoms with Gasteiger partial charge in [-0.3, -0.25) is 10.1 Å². The van der Waals surface area contributed by atoms with Crippen molar-refractivity contribution < 1.29 is 19.8 Å². The van der Waals surface area contributed by atoms with E-state index in [-0.39, 0.29) is 16.3 Å². The van der Waals surface area contributed by atoms with E-state index in [4.69, 9.17) is 5.26 Å². The van der Waals surface area contributed by atoms with Crippen molar-refractivity contribution in [1.82, 2.24) is 5.01 Å². The van der Waals surface area contributed by atoms with Crippen molar-refractivity contribution >= 4 is 5.69 Å². The van der Waals surface area contributed by atoms with Gasteiger partial charge in [-0.25, -0.2) is 0 Å². The normalized spacial score (nSPS) is 10.7. The minimum Gasteiger partial charge on any atom is -0.569 e. The Hall–Kier alpha value is -3.09. The minimum atomic E-state index is -0.850. The Kier molecular flexibility index (Phi) is 4.04. The van der Waals surface area contributed by atoms with E-state index < -0.39 is 16.4 Å². The molecule has 1 rings (SSSR count). The predicted octanol–water partition coefficient (Wildman–Crippen LogP) is 0.905. The Balaban J connectivity index is 3.16. The quantitative estimate of drug-likeness (QED) is 0.370. The third-order valence-corrected chi connectivity index (χ3v) is 1.95. The molecule has 0 unspecified atom stereocenters. The van der Waals surface area contributed by atoms with Crippen LogP contribution in [0.4, 0.5) is 5.69 Å². The third-order valence-electron chi connectivity index (χ3n) is 1.95. The molecule has 0 spiro atoms. The van der Waals surface area contributed by atoms with Crippen molar-refractivity contribution in [2.24, 2.45) is 5.28 Å². The fraction of sp³-hybridized carbons (Fsp3) is 0.222. The van der Waals surface area contributed by atoms with E-state index >= 15 is 0 Å². The highest BCUT2D eigenvalue weighted by Crippen LogP contribution is 2.33. The van der Waals surface area contributed by atoms with Crippen LogP contribution in [0.1, 0.15) is 5.56 Å². The first kappa shape index (κ1) is 14.0. The molecule has 0 aromatic heterocycles. The summed E-state index contributed by atoms with van der Waals surface area (Å²) in [4.78, 5) is 14.5. The van der Waals surface area contributed by atoms with Gasteiger partial charge in [-0.05, 0) is 0 Å². The summed E-state index contributed by atoms with van der Waals surface area (Å²) in [5, 5.41) is 44.0. The smallest absolute Gasteiger partial charge is 0.312 e. The van der Waals surface area contributed by atoms with Gasteiger partial charge in [0.15, 0.2) is 11.5 Å². The SMILES string of the molecule is CN(C)/[N+]([O-])=N/Oc1cc(O)c([N+](=O)[O-])cc1C#N. The first-order chi connectivity index (χ1) is 8.86.